The van der Waals surface area contributed by atoms with Crippen molar-refractivity contribution in [2.75, 3.05) is 5.73 Å². The molecular weight excluding hydrogens is 216 g/mol. The number of aromatic nitrogens is 1. The SMILES string of the molecule is Nc1cc(C(F)F)c(S(N)(=O)=O)cn1. The topological polar surface area (TPSA) is 99.1 Å². The first-order chi connectivity index (χ1) is 6.32. The molecule has 8 heteroatoms. The van der Waals surface area contributed by atoms with Gasteiger partial charge >= 0.3 is 0 Å². The van der Waals surface area contributed by atoms with Gasteiger partial charge < -0.3 is 5.73 Å². The predicted molar refractivity (Wildman–Crippen MR) is 45.0 cm³/mol. The number of rotatable bonds is 2. The van der Waals surface area contributed by atoms with Crippen molar-refractivity contribution in [3.05, 3.63) is 17.8 Å². The third-order valence-electron chi connectivity index (χ3n) is 1.46. The minimum atomic E-state index is -4.19. The van der Waals surface area contributed by atoms with E-state index in [1.165, 1.54) is 0 Å². The normalized spacial score (nSPS) is 12.0. The van der Waals surface area contributed by atoms with Crippen molar-refractivity contribution in [2.24, 2.45) is 5.14 Å². The number of nitrogen functional groups attached to an aromatic ring is 1. The van der Waals surface area contributed by atoms with Crippen LogP contribution in [-0.4, -0.2) is 13.4 Å². The van der Waals surface area contributed by atoms with E-state index in [2.05, 4.69) is 4.98 Å². The number of nitrogens with zero attached hydrogens (tertiary/aromatic N) is 1. The van der Waals surface area contributed by atoms with E-state index in [1.54, 1.807) is 0 Å². The van der Waals surface area contributed by atoms with Crippen LogP contribution in [0.1, 0.15) is 12.0 Å². The summed E-state index contributed by atoms with van der Waals surface area (Å²) in [6.45, 7) is 0. The second-order valence-corrected chi connectivity index (χ2v) is 4.02. The maximum atomic E-state index is 12.3. The average molecular weight is 223 g/mol. The summed E-state index contributed by atoms with van der Waals surface area (Å²) >= 11 is 0. The molecule has 5 nitrogen and oxygen atoms in total. The van der Waals surface area contributed by atoms with Gasteiger partial charge in [0.1, 0.15) is 10.7 Å². The molecule has 0 unspecified atom stereocenters. The molecule has 0 spiro atoms. The molecule has 0 fully saturated rings. The number of halogens is 2. The molecule has 0 bridgehead atoms. The van der Waals surface area contributed by atoms with E-state index >= 15 is 0 Å². The van der Waals surface area contributed by atoms with Gasteiger partial charge in [0.15, 0.2) is 0 Å². The molecule has 0 aliphatic carbocycles. The molecule has 1 aromatic heterocycles. The zero-order valence-corrected chi connectivity index (χ0v) is 7.63. The monoisotopic (exact) mass is 223 g/mol. The summed E-state index contributed by atoms with van der Waals surface area (Å²) in [6, 6.07) is 0.782. The number of pyridine rings is 1. The zero-order chi connectivity index (χ0) is 10.9. The lowest BCUT2D eigenvalue weighted by Gasteiger charge is -2.06. The van der Waals surface area contributed by atoms with E-state index in [4.69, 9.17) is 10.9 Å². The lowest BCUT2D eigenvalue weighted by atomic mass is 10.3. The summed E-state index contributed by atoms with van der Waals surface area (Å²) in [7, 11) is -4.19. The minimum Gasteiger partial charge on any atom is -0.384 e. The standard InChI is InChI=1S/C6H7F2N3O2S/c7-6(8)3-1-5(9)11-2-4(3)14(10,12)13/h1-2,6H,(H2,9,11)(H2,10,12,13). The Bertz CT molecular complexity index is 446. The third kappa shape index (κ3) is 2.15. The van der Waals surface area contributed by atoms with Crippen LogP contribution in [0, 0.1) is 0 Å². The van der Waals surface area contributed by atoms with Gasteiger partial charge in [-0.05, 0) is 6.07 Å². The van der Waals surface area contributed by atoms with Gasteiger partial charge in [-0.25, -0.2) is 27.3 Å². The molecule has 0 aliphatic heterocycles. The Morgan fingerprint density at radius 3 is 2.43 bits per heavy atom. The molecule has 1 rings (SSSR count). The molecule has 0 aromatic carbocycles. The van der Waals surface area contributed by atoms with Crippen molar-refractivity contribution >= 4 is 15.8 Å². The fourth-order valence-corrected chi connectivity index (χ4v) is 1.56. The van der Waals surface area contributed by atoms with Crippen LogP contribution in [-0.2, 0) is 10.0 Å². The number of hydrogen-bond donors (Lipinski definition) is 2. The Labute approximate surface area is 78.8 Å². The molecule has 1 aromatic rings. The van der Waals surface area contributed by atoms with E-state index in [1.807, 2.05) is 0 Å². The molecule has 0 saturated carbocycles. The number of hydrogen-bond acceptors (Lipinski definition) is 4. The summed E-state index contributed by atoms with van der Waals surface area (Å²) in [5, 5.41) is 4.70. The van der Waals surface area contributed by atoms with Crippen LogP contribution < -0.4 is 10.9 Å². The van der Waals surface area contributed by atoms with Crippen LogP contribution in [0.25, 0.3) is 0 Å². The number of primary sulfonamides is 1. The molecule has 1 heterocycles. The summed E-state index contributed by atoms with van der Waals surface area (Å²) < 4.78 is 46.3. The molecule has 14 heavy (non-hydrogen) atoms. The lowest BCUT2D eigenvalue weighted by molar-refractivity contribution is 0.148. The highest BCUT2D eigenvalue weighted by Crippen LogP contribution is 2.26. The van der Waals surface area contributed by atoms with Gasteiger partial charge in [0.2, 0.25) is 10.0 Å². The summed E-state index contributed by atoms with van der Waals surface area (Å²) in [5.41, 5.74) is 4.39. The Morgan fingerprint density at radius 1 is 1.43 bits per heavy atom. The summed E-state index contributed by atoms with van der Waals surface area (Å²) in [6.07, 6.45) is -2.25. The Balaban J connectivity index is 3.45. The third-order valence-corrected chi connectivity index (χ3v) is 2.41. The molecule has 0 amide bonds. The quantitative estimate of drug-likeness (QED) is 0.750. The molecule has 78 valence electrons. The van der Waals surface area contributed by atoms with Crippen molar-refractivity contribution in [2.45, 2.75) is 11.3 Å². The minimum absolute atomic E-state index is 0.187. The van der Waals surface area contributed by atoms with Gasteiger partial charge in [0.25, 0.3) is 6.43 Å². The number of nitrogens with two attached hydrogens (primary N) is 2. The first kappa shape index (κ1) is 10.8. The van der Waals surface area contributed by atoms with Crippen LogP contribution in [0.5, 0.6) is 0 Å². The maximum Gasteiger partial charge on any atom is 0.265 e. The van der Waals surface area contributed by atoms with Gasteiger partial charge in [0.05, 0.1) is 0 Å². The predicted octanol–water partition coefficient (Wildman–Crippen LogP) is 0.249. The van der Waals surface area contributed by atoms with Gasteiger partial charge in [-0.3, -0.25) is 0 Å². The largest absolute Gasteiger partial charge is 0.384 e. The van der Waals surface area contributed by atoms with Crippen LogP contribution in [0.4, 0.5) is 14.6 Å². The second kappa shape index (κ2) is 3.46. The highest BCUT2D eigenvalue weighted by molar-refractivity contribution is 7.89. The lowest BCUT2D eigenvalue weighted by Crippen LogP contribution is -2.15. The molecular formula is C6H7F2N3O2S. The Hall–Kier alpha value is -1.28. The zero-order valence-electron chi connectivity index (χ0n) is 6.81. The molecule has 0 radical (unpaired) electrons. The fourth-order valence-electron chi connectivity index (χ4n) is 0.884. The fraction of sp³-hybridized carbons (Fsp3) is 0.167. The van der Waals surface area contributed by atoms with E-state index in [0.29, 0.717) is 6.20 Å². The van der Waals surface area contributed by atoms with Gasteiger partial charge in [0, 0.05) is 11.8 Å². The average Bonchev–Trinajstić information content (AvgIpc) is 2.01. The van der Waals surface area contributed by atoms with Crippen molar-refractivity contribution < 1.29 is 17.2 Å². The van der Waals surface area contributed by atoms with Crippen molar-refractivity contribution in [3.63, 3.8) is 0 Å². The van der Waals surface area contributed by atoms with Crippen LogP contribution in [0.2, 0.25) is 0 Å². The maximum absolute atomic E-state index is 12.3. The Morgan fingerprint density at radius 2 is 2.00 bits per heavy atom. The second-order valence-electron chi connectivity index (χ2n) is 2.49. The molecule has 0 atom stereocenters. The van der Waals surface area contributed by atoms with Crippen molar-refractivity contribution in [1.29, 1.82) is 0 Å². The van der Waals surface area contributed by atoms with Crippen molar-refractivity contribution in [1.82, 2.24) is 4.98 Å². The molecule has 0 aliphatic rings. The number of anilines is 1. The Kier molecular flexibility index (Phi) is 2.67. The smallest absolute Gasteiger partial charge is 0.265 e. The first-order valence-corrected chi connectivity index (χ1v) is 4.93. The van der Waals surface area contributed by atoms with E-state index in [0.717, 1.165) is 6.07 Å². The van der Waals surface area contributed by atoms with Crippen LogP contribution in [0.15, 0.2) is 17.2 Å². The summed E-state index contributed by atoms with van der Waals surface area (Å²) in [4.78, 5) is 2.67. The number of sulfonamides is 1. The summed E-state index contributed by atoms with van der Waals surface area (Å²) in [5.74, 6) is -0.187. The van der Waals surface area contributed by atoms with Gasteiger partial charge in [-0.15, -0.1) is 0 Å². The van der Waals surface area contributed by atoms with E-state index in [-0.39, 0.29) is 5.82 Å². The van der Waals surface area contributed by atoms with Crippen LogP contribution in [0.3, 0.4) is 0 Å². The highest BCUT2D eigenvalue weighted by atomic mass is 32.2. The number of alkyl halides is 2. The molecule has 0 saturated heterocycles. The van der Waals surface area contributed by atoms with E-state index in [9.17, 15) is 17.2 Å². The first-order valence-electron chi connectivity index (χ1n) is 3.38. The van der Waals surface area contributed by atoms with Crippen LogP contribution >= 0.6 is 0 Å². The molecule has 4 N–H and O–H groups in total. The highest BCUT2D eigenvalue weighted by Gasteiger charge is 2.21. The van der Waals surface area contributed by atoms with Crippen molar-refractivity contribution in [3.8, 4) is 0 Å². The van der Waals surface area contributed by atoms with Gasteiger partial charge in [-0.1, -0.05) is 0 Å². The van der Waals surface area contributed by atoms with Gasteiger partial charge in [-0.2, -0.15) is 0 Å². The van der Waals surface area contributed by atoms with E-state index < -0.39 is 26.9 Å².